The summed E-state index contributed by atoms with van der Waals surface area (Å²) in [6.07, 6.45) is 3.47. The molecule has 1 aliphatic heterocycles. The maximum Gasteiger partial charge on any atom is 0.140 e. The van der Waals surface area contributed by atoms with Gasteiger partial charge in [-0.15, -0.1) is 0 Å². The van der Waals surface area contributed by atoms with Gasteiger partial charge in [0, 0.05) is 49.2 Å². The monoisotopic (exact) mass is 415 g/mol. The van der Waals surface area contributed by atoms with Gasteiger partial charge in [0.25, 0.3) is 0 Å². The molecule has 7 nitrogen and oxygen atoms in total. The fourth-order valence-electron chi connectivity index (χ4n) is 3.64. The number of nitrogens with one attached hydrogen (secondary N) is 1. The highest BCUT2D eigenvalue weighted by Crippen LogP contribution is 2.24. The number of aromatic nitrogens is 4. The van der Waals surface area contributed by atoms with Crippen molar-refractivity contribution in [3.8, 4) is 17.5 Å². The molecule has 1 fully saturated rings. The molecule has 5 rings (SSSR count). The number of hydrogen-bond acceptors (Lipinski definition) is 6. The third kappa shape index (κ3) is 3.53. The highest BCUT2D eigenvalue weighted by molar-refractivity contribution is 6.31. The average molecular weight is 416 g/mol. The van der Waals surface area contributed by atoms with Crippen molar-refractivity contribution in [2.45, 2.75) is 0 Å². The summed E-state index contributed by atoms with van der Waals surface area (Å²) in [7, 11) is 0. The zero-order valence-corrected chi connectivity index (χ0v) is 16.8. The standard InChI is InChI=1S/C22H18ClN7/c23-17-3-4-18-19(11-17)28-22(27-18)16-2-6-21(26-14-16)30-9-7-29(8-10-30)20-5-1-15(12-24)13-25-20/h1-6,11,13-14H,7-10H2,(H,27,28). The highest BCUT2D eigenvalue weighted by atomic mass is 35.5. The first kappa shape index (κ1) is 18.4. The molecule has 0 aliphatic carbocycles. The molecule has 0 spiro atoms. The molecule has 0 amide bonds. The van der Waals surface area contributed by atoms with E-state index in [-0.39, 0.29) is 0 Å². The number of piperazine rings is 1. The molecule has 0 radical (unpaired) electrons. The minimum Gasteiger partial charge on any atom is -0.353 e. The van der Waals surface area contributed by atoms with Gasteiger partial charge in [0.2, 0.25) is 0 Å². The van der Waals surface area contributed by atoms with E-state index in [1.807, 2.05) is 42.6 Å². The van der Waals surface area contributed by atoms with Crippen LogP contribution in [0.4, 0.5) is 11.6 Å². The van der Waals surface area contributed by atoms with Gasteiger partial charge < -0.3 is 14.8 Å². The summed E-state index contributed by atoms with van der Waals surface area (Å²) >= 11 is 6.06. The fourth-order valence-corrected chi connectivity index (χ4v) is 3.81. The second kappa shape index (κ2) is 7.65. The summed E-state index contributed by atoms with van der Waals surface area (Å²) in [4.78, 5) is 21.5. The number of anilines is 2. The van der Waals surface area contributed by atoms with Crippen molar-refractivity contribution in [2.24, 2.45) is 0 Å². The molecule has 1 saturated heterocycles. The van der Waals surface area contributed by atoms with Crippen LogP contribution < -0.4 is 9.80 Å². The minimum atomic E-state index is 0.578. The Bertz CT molecular complexity index is 1220. The quantitative estimate of drug-likeness (QED) is 0.546. The van der Waals surface area contributed by atoms with E-state index in [1.165, 1.54) is 0 Å². The number of H-pyrrole nitrogens is 1. The van der Waals surface area contributed by atoms with E-state index >= 15 is 0 Å². The van der Waals surface area contributed by atoms with E-state index in [4.69, 9.17) is 16.9 Å². The van der Waals surface area contributed by atoms with Crippen LogP contribution in [0, 0.1) is 11.3 Å². The lowest BCUT2D eigenvalue weighted by atomic mass is 10.2. The van der Waals surface area contributed by atoms with Gasteiger partial charge in [-0.1, -0.05) is 11.6 Å². The molecule has 0 unspecified atom stereocenters. The van der Waals surface area contributed by atoms with Crippen molar-refractivity contribution in [3.63, 3.8) is 0 Å². The summed E-state index contributed by atoms with van der Waals surface area (Å²) in [5.74, 6) is 2.63. The van der Waals surface area contributed by atoms with Gasteiger partial charge in [0.1, 0.15) is 23.5 Å². The first-order valence-electron chi connectivity index (χ1n) is 9.67. The molecule has 4 heterocycles. The molecule has 148 valence electrons. The normalized spacial score (nSPS) is 14.1. The van der Waals surface area contributed by atoms with Gasteiger partial charge in [-0.2, -0.15) is 5.26 Å². The molecule has 3 aromatic heterocycles. The molecule has 4 aromatic rings. The number of halogens is 1. The number of hydrogen-bond donors (Lipinski definition) is 1. The van der Waals surface area contributed by atoms with Crippen LogP contribution in [0.5, 0.6) is 0 Å². The molecular weight excluding hydrogens is 398 g/mol. The Hall–Kier alpha value is -3.63. The van der Waals surface area contributed by atoms with Crippen molar-refractivity contribution >= 4 is 34.3 Å². The van der Waals surface area contributed by atoms with E-state index in [2.05, 4.69) is 35.8 Å². The number of nitriles is 1. The van der Waals surface area contributed by atoms with Gasteiger partial charge in [-0.05, 0) is 42.5 Å². The maximum absolute atomic E-state index is 8.91. The third-order valence-corrected chi connectivity index (χ3v) is 5.50. The number of pyridine rings is 2. The lowest BCUT2D eigenvalue weighted by molar-refractivity contribution is 0.642. The lowest BCUT2D eigenvalue weighted by Crippen LogP contribution is -2.47. The summed E-state index contributed by atoms with van der Waals surface area (Å²) in [5.41, 5.74) is 3.31. The Morgan fingerprint density at radius 3 is 2.20 bits per heavy atom. The second-order valence-electron chi connectivity index (χ2n) is 7.14. The van der Waals surface area contributed by atoms with E-state index in [0.29, 0.717) is 10.6 Å². The molecule has 0 bridgehead atoms. The molecule has 1 aliphatic rings. The zero-order chi connectivity index (χ0) is 20.5. The predicted octanol–water partition coefficient (Wildman–Crippen LogP) is 3.87. The van der Waals surface area contributed by atoms with E-state index in [1.54, 1.807) is 12.3 Å². The van der Waals surface area contributed by atoms with Crippen molar-refractivity contribution < 1.29 is 0 Å². The lowest BCUT2D eigenvalue weighted by Gasteiger charge is -2.36. The van der Waals surface area contributed by atoms with Crippen LogP contribution in [0.15, 0.2) is 54.9 Å². The summed E-state index contributed by atoms with van der Waals surface area (Å²) in [5, 5.41) is 9.59. The zero-order valence-electron chi connectivity index (χ0n) is 16.1. The molecule has 0 atom stereocenters. The number of imidazole rings is 1. The van der Waals surface area contributed by atoms with Gasteiger partial charge in [0.05, 0.1) is 16.6 Å². The fraction of sp³-hybridized carbons (Fsp3) is 0.182. The third-order valence-electron chi connectivity index (χ3n) is 5.27. The van der Waals surface area contributed by atoms with Crippen molar-refractivity contribution in [3.05, 3.63) is 65.4 Å². The molecule has 1 aromatic carbocycles. The summed E-state index contributed by atoms with van der Waals surface area (Å²) in [6, 6.07) is 15.5. The predicted molar refractivity (Wildman–Crippen MR) is 118 cm³/mol. The molecule has 8 heteroatoms. The Kier molecular flexibility index (Phi) is 4.69. The first-order valence-corrected chi connectivity index (χ1v) is 10.1. The Morgan fingerprint density at radius 1 is 0.900 bits per heavy atom. The van der Waals surface area contributed by atoms with Gasteiger partial charge >= 0.3 is 0 Å². The Morgan fingerprint density at radius 2 is 1.60 bits per heavy atom. The molecule has 1 N–H and O–H groups in total. The Balaban J connectivity index is 1.27. The van der Waals surface area contributed by atoms with Crippen LogP contribution in [-0.4, -0.2) is 46.1 Å². The maximum atomic E-state index is 8.91. The average Bonchev–Trinajstić information content (AvgIpc) is 3.23. The topological polar surface area (TPSA) is 84.7 Å². The van der Waals surface area contributed by atoms with Crippen LogP contribution in [-0.2, 0) is 0 Å². The van der Waals surface area contributed by atoms with Gasteiger partial charge in [-0.3, -0.25) is 0 Å². The highest BCUT2D eigenvalue weighted by Gasteiger charge is 2.19. The number of nitrogens with zero attached hydrogens (tertiary/aromatic N) is 6. The van der Waals surface area contributed by atoms with Gasteiger partial charge in [-0.25, -0.2) is 15.0 Å². The second-order valence-corrected chi connectivity index (χ2v) is 7.58. The minimum absolute atomic E-state index is 0.578. The molecular formula is C22H18ClN7. The SMILES string of the molecule is N#Cc1ccc(N2CCN(c3ccc(-c4nc5ccc(Cl)cc5[nH]4)cn3)CC2)nc1. The van der Waals surface area contributed by atoms with Gasteiger partial charge in [0.15, 0.2) is 0 Å². The largest absolute Gasteiger partial charge is 0.353 e. The van der Waals surface area contributed by atoms with E-state index < -0.39 is 0 Å². The number of fused-ring (bicyclic) bond motifs is 1. The van der Waals surface area contributed by atoms with E-state index in [0.717, 1.165) is 60.2 Å². The number of aromatic amines is 1. The summed E-state index contributed by atoms with van der Waals surface area (Å²) in [6.45, 7) is 3.42. The molecule has 0 saturated carbocycles. The van der Waals surface area contributed by atoms with E-state index in [9.17, 15) is 0 Å². The van der Waals surface area contributed by atoms with Crippen molar-refractivity contribution in [1.82, 2.24) is 19.9 Å². The van der Waals surface area contributed by atoms with Crippen LogP contribution in [0.25, 0.3) is 22.4 Å². The van der Waals surface area contributed by atoms with Crippen LogP contribution in [0.3, 0.4) is 0 Å². The van der Waals surface area contributed by atoms with Crippen LogP contribution >= 0.6 is 11.6 Å². The molecule has 30 heavy (non-hydrogen) atoms. The smallest absolute Gasteiger partial charge is 0.140 e. The van der Waals surface area contributed by atoms with Crippen LogP contribution in [0.1, 0.15) is 5.56 Å². The number of rotatable bonds is 3. The first-order chi connectivity index (χ1) is 14.7. The van der Waals surface area contributed by atoms with Crippen LogP contribution in [0.2, 0.25) is 5.02 Å². The Labute approximate surface area is 178 Å². The summed E-state index contributed by atoms with van der Waals surface area (Å²) < 4.78 is 0. The van der Waals surface area contributed by atoms with Crippen molar-refractivity contribution in [2.75, 3.05) is 36.0 Å². The number of benzene rings is 1. The van der Waals surface area contributed by atoms with Crippen molar-refractivity contribution in [1.29, 1.82) is 5.26 Å².